The van der Waals surface area contributed by atoms with Gasteiger partial charge in [-0.15, -0.1) is 0 Å². The van der Waals surface area contributed by atoms with Gasteiger partial charge in [-0.05, 0) is 30.3 Å². The highest BCUT2D eigenvalue weighted by molar-refractivity contribution is 6.35. The second-order valence-electron chi connectivity index (χ2n) is 3.96. The molecule has 0 amide bonds. The van der Waals surface area contributed by atoms with Crippen molar-refractivity contribution >= 4 is 22.5 Å². The first-order chi connectivity index (χ1) is 8.63. The molecule has 0 unspecified atom stereocenters. The van der Waals surface area contributed by atoms with Crippen molar-refractivity contribution in [2.75, 3.05) is 0 Å². The monoisotopic (exact) mass is 260 g/mol. The first-order valence-corrected chi connectivity index (χ1v) is 5.68. The summed E-state index contributed by atoms with van der Waals surface area (Å²) < 4.78 is 1.65. The Kier molecular flexibility index (Phi) is 2.38. The van der Waals surface area contributed by atoms with E-state index >= 15 is 0 Å². The quantitative estimate of drug-likeness (QED) is 0.707. The van der Waals surface area contributed by atoms with Gasteiger partial charge in [0, 0.05) is 17.6 Å². The highest BCUT2D eigenvalue weighted by Crippen LogP contribution is 2.28. The Morgan fingerprint density at radius 1 is 1.00 bits per heavy atom. The van der Waals surface area contributed by atoms with E-state index in [-0.39, 0.29) is 11.5 Å². The zero-order chi connectivity index (χ0) is 12.7. The molecule has 0 aliphatic rings. The van der Waals surface area contributed by atoms with Crippen LogP contribution in [0.1, 0.15) is 0 Å². The van der Waals surface area contributed by atoms with Crippen LogP contribution < -0.4 is 0 Å². The van der Waals surface area contributed by atoms with Crippen molar-refractivity contribution < 1.29 is 10.2 Å². The predicted molar refractivity (Wildman–Crippen MR) is 69.4 cm³/mol. The maximum absolute atomic E-state index is 9.47. The van der Waals surface area contributed by atoms with Gasteiger partial charge in [-0.3, -0.25) is 0 Å². The van der Waals surface area contributed by atoms with Crippen molar-refractivity contribution in [3.8, 4) is 17.2 Å². The molecule has 90 valence electrons. The van der Waals surface area contributed by atoms with Gasteiger partial charge in [0.25, 0.3) is 0 Å². The normalized spacial score (nSPS) is 10.9. The van der Waals surface area contributed by atoms with E-state index in [0.29, 0.717) is 10.5 Å². The van der Waals surface area contributed by atoms with Crippen LogP contribution in [0.2, 0.25) is 5.02 Å². The van der Waals surface area contributed by atoms with Gasteiger partial charge in [-0.25, -0.2) is 4.68 Å². The number of phenols is 2. The molecular weight excluding hydrogens is 252 g/mol. The molecule has 3 aromatic rings. The van der Waals surface area contributed by atoms with Crippen LogP contribution >= 0.6 is 11.6 Å². The molecule has 0 aliphatic heterocycles. The fraction of sp³-hybridized carbons (Fsp3) is 0. The van der Waals surface area contributed by atoms with Crippen molar-refractivity contribution in [1.29, 1.82) is 0 Å². The van der Waals surface area contributed by atoms with Crippen LogP contribution in [0.3, 0.4) is 0 Å². The fourth-order valence-electron chi connectivity index (χ4n) is 1.82. The van der Waals surface area contributed by atoms with Crippen LogP contribution in [0, 0.1) is 0 Å². The number of hydrogen-bond acceptors (Lipinski definition) is 3. The smallest absolute Gasteiger partial charge is 0.117 e. The number of fused-ring (bicyclic) bond motifs is 1. The van der Waals surface area contributed by atoms with Gasteiger partial charge in [0.05, 0.1) is 10.7 Å². The van der Waals surface area contributed by atoms with Crippen molar-refractivity contribution in [1.82, 2.24) is 9.78 Å². The summed E-state index contributed by atoms with van der Waals surface area (Å²) in [4.78, 5) is 0. The summed E-state index contributed by atoms with van der Waals surface area (Å²) in [6.45, 7) is 0. The molecule has 1 heterocycles. The Hall–Kier alpha value is -2.20. The molecule has 0 spiro atoms. The summed E-state index contributed by atoms with van der Waals surface area (Å²) in [5.74, 6) is 0.309. The maximum atomic E-state index is 9.47. The molecule has 4 nitrogen and oxygen atoms in total. The molecule has 0 saturated carbocycles. The number of halogens is 1. The molecule has 0 saturated heterocycles. The molecule has 2 aromatic carbocycles. The molecule has 0 bridgehead atoms. The molecular formula is C13H9ClN2O2. The topological polar surface area (TPSA) is 58.3 Å². The Labute approximate surface area is 108 Å². The number of hydrogen-bond donors (Lipinski definition) is 2. The lowest BCUT2D eigenvalue weighted by Gasteiger charge is -2.00. The third-order valence-corrected chi connectivity index (χ3v) is 2.95. The van der Waals surface area contributed by atoms with Gasteiger partial charge >= 0.3 is 0 Å². The lowest BCUT2D eigenvalue weighted by atomic mass is 10.2. The molecule has 2 N–H and O–H groups in total. The van der Waals surface area contributed by atoms with Crippen molar-refractivity contribution in [2.45, 2.75) is 0 Å². The lowest BCUT2D eigenvalue weighted by molar-refractivity contribution is 0.475. The number of rotatable bonds is 1. The van der Waals surface area contributed by atoms with Crippen LogP contribution in [-0.4, -0.2) is 20.0 Å². The summed E-state index contributed by atoms with van der Waals surface area (Å²) >= 11 is 6.01. The Morgan fingerprint density at radius 3 is 2.44 bits per heavy atom. The predicted octanol–water partition coefficient (Wildman–Crippen LogP) is 3.09. The van der Waals surface area contributed by atoms with E-state index in [1.54, 1.807) is 41.2 Å². The van der Waals surface area contributed by atoms with Gasteiger partial charge in [0.2, 0.25) is 0 Å². The molecule has 3 rings (SSSR count). The highest BCUT2D eigenvalue weighted by Gasteiger charge is 2.08. The second kappa shape index (κ2) is 3.92. The van der Waals surface area contributed by atoms with Gasteiger partial charge in [0.15, 0.2) is 0 Å². The largest absolute Gasteiger partial charge is 0.508 e. The minimum absolute atomic E-state index is 0.109. The number of nitrogens with zero attached hydrogens (tertiary/aromatic N) is 2. The van der Waals surface area contributed by atoms with Crippen LogP contribution in [0.4, 0.5) is 0 Å². The van der Waals surface area contributed by atoms with Gasteiger partial charge < -0.3 is 10.2 Å². The maximum Gasteiger partial charge on any atom is 0.117 e. The molecule has 0 atom stereocenters. The van der Waals surface area contributed by atoms with Gasteiger partial charge in [0.1, 0.15) is 17.0 Å². The fourth-order valence-corrected chi connectivity index (χ4v) is 2.07. The number of phenolic OH excluding ortho intramolecular Hbond substituents is 2. The zero-order valence-electron chi connectivity index (χ0n) is 9.21. The SMILES string of the molecule is Oc1ccc(-n2cc3cc(O)cc(Cl)c3n2)cc1. The zero-order valence-corrected chi connectivity index (χ0v) is 9.96. The minimum Gasteiger partial charge on any atom is -0.508 e. The van der Waals surface area contributed by atoms with E-state index in [1.165, 1.54) is 6.07 Å². The average molecular weight is 261 g/mol. The first kappa shape index (κ1) is 10.9. The third-order valence-electron chi connectivity index (χ3n) is 2.66. The highest BCUT2D eigenvalue weighted by atomic mass is 35.5. The van der Waals surface area contributed by atoms with E-state index < -0.39 is 0 Å². The van der Waals surface area contributed by atoms with E-state index in [0.717, 1.165) is 11.1 Å². The summed E-state index contributed by atoms with van der Waals surface area (Å²) in [5.41, 5.74) is 1.43. The van der Waals surface area contributed by atoms with Crippen LogP contribution in [0.5, 0.6) is 11.5 Å². The molecule has 5 heteroatoms. The van der Waals surface area contributed by atoms with E-state index in [1.807, 2.05) is 0 Å². The molecule has 0 radical (unpaired) electrons. The van der Waals surface area contributed by atoms with Crippen molar-refractivity contribution in [3.05, 3.63) is 47.6 Å². The van der Waals surface area contributed by atoms with Crippen molar-refractivity contribution in [3.63, 3.8) is 0 Å². The van der Waals surface area contributed by atoms with Crippen LogP contribution in [0.25, 0.3) is 16.6 Å². The Bertz CT molecular complexity index is 720. The summed E-state index contributed by atoms with van der Waals surface area (Å²) in [5, 5.41) is 24.2. The molecule has 0 aliphatic carbocycles. The van der Waals surface area contributed by atoms with Crippen molar-refractivity contribution in [2.24, 2.45) is 0 Å². The van der Waals surface area contributed by atoms with Gasteiger partial charge in [-0.1, -0.05) is 11.6 Å². The number of aromatic hydroxyl groups is 2. The number of benzene rings is 2. The Balaban J connectivity index is 2.19. The van der Waals surface area contributed by atoms with Crippen LogP contribution in [-0.2, 0) is 0 Å². The average Bonchev–Trinajstić information content (AvgIpc) is 2.74. The molecule has 18 heavy (non-hydrogen) atoms. The summed E-state index contributed by atoms with van der Waals surface area (Å²) in [6.07, 6.45) is 1.77. The molecule has 0 fully saturated rings. The summed E-state index contributed by atoms with van der Waals surface area (Å²) in [6, 6.07) is 9.72. The number of aromatic nitrogens is 2. The van der Waals surface area contributed by atoms with E-state index in [4.69, 9.17) is 11.6 Å². The standard InChI is InChI=1S/C13H9ClN2O2/c14-12-6-11(18)5-8-7-16(15-13(8)12)9-1-3-10(17)4-2-9/h1-7,17-18H. The van der Waals surface area contributed by atoms with Crippen LogP contribution in [0.15, 0.2) is 42.6 Å². The Morgan fingerprint density at radius 2 is 1.72 bits per heavy atom. The summed E-state index contributed by atoms with van der Waals surface area (Å²) in [7, 11) is 0. The van der Waals surface area contributed by atoms with E-state index in [2.05, 4.69) is 5.10 Å². The van der Waals surface area contributed by atoms with E-state index in [9.17, 15) is 10.2 Å². The molecule has 1 aromatic heterocycles. The first-order valence-electron chi connectivity index (χ1n) is 5.31. The van der Waals surface area contributed by atoms with Gasteiger partial charge in [-0.2, -0.15) is 5.10 Å². The minimum atomic E-state index is 0.109. The third kappa shape index (κ3) is 1.76. The lowest BCUT2D eigenvalue weighted by Crippen LogP contribution is -1.93. The second-order valence-corrected chi connectivity index (χ2v) is 4.36.